The fourth-order valence-corrected chi connectivity index (χ4v) is 2.85. The van der Waals surface area contributed by atoms with Crippen LogP contribution in [0.1, 0.15) is 5.56 Å². The van der Waals surface area contributed by atoms with Crippen molar-refractivity contribution in [2.24, 2.45) is 11.3 Å². The first-order valence-corrected chi connectivity index (χ1v) is 6.45. The van der Waals surface area contributed by atoms with E-state index in [2.05, 4.69) is 5.32 Å². The molecule has 1 aliphatic rings. The fraction of sp³-hybridized carbons (Fsp3) is 0.500. The quantitative estimate of drug-likeness (QED) is 0.894. The molecule has 1 aromatic rings. The molecular weight excluding hydrogens is 287 g/mol. The molecule has 4 nitrogen and oxygen atoms in total. The molecule has 1 aromatic carbocycles. The van der Waals surface area contributed by atoms with Crippen LogP contribution in [0, 0.1) is 11.3 Å². The lowest BCUT2D eigenvalue weighted by Gasteiger charge is -2.32. The van der Waals surface area contributed by atoms with Crippen LogP contribution in [0.5, 0.6) is 5.75 Å². The monoisotopic (exact) mass is 303 g/mol. The van der Waals surface area contributed by atoms with Gasteiger partial charge in [0, 0.05) is 12.5 Å². The van der Waals surface area contributed by atoms with Crippen LogP contribution >= 0.6 is 0 Å². The summed E-state index contributed by atoms with van der Waals surface area (Å²) in [6.07, 6.45) is -4.82. The topological polar surface area (TPSA) is 58.6 Å². The van der Waals surface area contributed by atoms with Gasteiger partial charge in [-0.15, -0.1) is 0 Å². The van der Waals surface area contributed by atoms with E-state index in [0.29, 0.717) is 11.3 Å². The molecule has 2 atom stereocenters. The molecule has 1 saturated heterocycles. The number of alkyl halides is 3. The average Bonchev–Trinajstić information content (AvgIpc) is 2.83. The Kier molecular flexibility index (Phi) is 4.13. The smallest absolute Gasteiger partial charge is 0.406 e. The molecule has 1 heterocycles. The molecule has 0 bridgehead atoms. The van der Waals surface area contributed by atoms with Crippen molar-refractivity contribution in [2.45, 2.75) is 12.6 Å². The lowest BCUT2D eigenvalue weighted by atomic mass is 9.74. The van der Waals surface area contributed by atoms with Crippen LogP contribution in [-0.4, -0.2) is 37.5 Å². The van der Waals surface area contributed by atoms with Crippen LogP contribution in [0.15, 0.2) is 24.3 Å². The Labute approximate surface area is 119 Å². The average molecular weight is 303 g/mol. The van der Waals surface area contributed by atoms with Gasteiger partial charge in [0.2, 0.25) is 0 Å². The third-order valence-electron chi connectivity index (χ3n) is 4.04. The number of hydrogen-bond acceptors (Lipinski definition) is 3. The number of aliphatic carboxylic acids is 1. The zero-order valence-corrected chi connectivity index (χ0v) is 11.4. The normalized spacial score (nSPS) is 25.8. The van der Waals surface area contributed by atoms with Gasteiger partial charge in [0.05, 0.1) is 7.11 Å². The number of carboxylic acid groups (broad SMARTS) is 1. The number of ether oxygens (including phenoxy) is 1. The summed E-state index contributed by atoms with van der Waals surface area (Å²) in [7, 11) is 1.43. The molecule has 116 valence electrons. The van der Waals surface area contributed by atoms with E-state index >= 15 is 0 Å². The number of nitrogens with one attached hydrogen (secondary N) is 1. The van der Waals surface area contributed by atoms with Crippen LogP contribution in [0.2, 0.25) is 0 Å². The zero-order valence-electron chi connectivity index (χ0n) is 11.4. The molecular formula is C14H16F3NO3. The number of benzene rings is 1. The first-order chi connectivity index (χ1) is 9.83. The van der Waals surface area contributed by atoms with Gasteiger partial charge in [0.25, 0.3) is 0 Å². The SMILES string of the molecule is COc1ccccc1C[C@H]1CNC[C@]1(C(=O)O)C(F)(F)F. The molecule has 0 saturated carbocycles. The summed E-state index contributed by atoms with van der Waals surface area (Å²) in [5.74, 6) is -2.45. The number of para-hydroxylation sites is 1. The second kappa shape index (κ2) is 5.55. The Hall–Kier alpha value is -1.76. The van der Waals surface area contributed by atoms with E-state index in [4.69, 9.17) is 4.74 Å². The van der Waals surface area contributed by atoms with Crippen molar-refractivity contribution in [3.8, 4) is 5.75 Å². The van der Waals surface area contributed by atoms with Crippen LogP contribution in [0.25, 0.3) is 0 Å². The highest BCUT2D eigenvalue weighted by Gasteiger charge is 2.66. The Morgan fingerprint density at radius 1 is 1.48 bits per heavy atom. The zero-order chi connectivity index (χ0) is 15.7. The Morgan fingerprint density at radius 3 is 2.71 bits per heavy atom. The van der Waals surface area contributed by atoms with Crippen molar-refractivity contribution in [1.29, 1.82) is 0 Å². The minimum Gasteiger partial charge on any atom is -0.496 e. The predicted molar refractivity (Wildman–Crippen MR) is 69.2 cm³/mol. The van der Waals surface area contributed by atoms with E-state index in [0.717, 1.165) is 0 Å². The Balaban J connectivity index is 2.36. The molecule has 1 aliphatic heterocycles. The molecule has 21 heavy (non-hydrogen) atoms. The number of carbonyl (C=O) groups is 1. The van der Waals surface area contributed by atoms with E-state index in [1.807, 2.05) is 0 Å². The van der Waals surface area contributed by atoms with Gasteiger partial charge in [-0.1, -0.05) is 18.2 Å². The van der Waals surface area contributed by atoms with Gasteiger partial charge in [-0.2, -0.15) is 13.2 Å². The highest BCUT2D eigenvalue weighted by molar-refractivity contribution is 5.77. The molecule has 7 heteroatoms. The highest BCUT2D eigenvalue weighted by Crippen LogP contribution is 2.48. The minimum absolute atomic E-state index is 0.00383. The first kappa shape index (κ1) is 15.6. The summed E-state index contributed by atoms with van der Waals surface area (Å²) in [6.45, 7) is -0.602. The maximum absolute atomic E-state index is 13.3. The van der Waals surface area contributed by atoms with Gasteiger partial charge in [-0.3, -0.25) is 4.79 Å². The summed E-state index contributed by atoms with van der Waals surface area (Å²) in [5.41, 5.74) is -2.18. The minimum atomic E-state index is -4.81. The predicted octanol–water partition coefficient (Wildman–Crippen LogP) is 2.09. The number of hydrogen-bond donors (Lipinski definition) is 2. The number of rotatable bonds is 4. The van der Waals surface area contributed by atoms with Crippen LogP contribution < -0.4 is 10.1 Å². The second-order valence-electron chi connectivity index (χ2n) is 5.12. The summed E-state index contributed by atoms with van der Waals surface area (Å²) >= 11 is 0. The van der Waals surface area contributed by atoms with Crippen molar-refractivity contribution in [1.82, 2.24) is 5.32 Å². The maximum Gasteiger partial charge on any atom is 0.406 e. The third kappa shape index (κ3) is 2.57. The lowest BCUT2D eigenvalue weighted by Crippen LogP contribution is -2.51. The lowest BCUT2D eigenvalue weighted by molar-refractivity contribution is -0.236. The van der Waals surface area contributed by atoms with Crippen LogP contribution in [0.4, 0.5) is 13.2 Å². The molecule has 0 spiro atoms. The molecule has 0 aliphatic carbocycles. The van der Waals surface area contributed by atoms with Gasteiger partial charge >= 0.3 is 12.1 Å². The van der Waals surface area contributed by atoms with E-state index in [1.165, 1.54) is 7.11 Å². The molecule has 0 radical (unpaired) electrons. The Bertz CT molecular complexity index is 532. The highest BCUT2D eigenvalue weighted by atomic mass is 19.4. The molecule has 2 N–H and O–H groups in total. The van der Waals surface area contributed by atoms with Gasteiger partial charge in [0.1, 0.15) is 5.75 Å². The van der Waals surface area contributed by atoms with E-state index in [-0.39, 0.29) is 13.0 Å². The molecule has 0 unspecified atom stereocenters. The van der Waals surface area contributed by atoms with Crippen molar-refractivity contribution in [3.63, 3.8) is 0 Å². The van der Waals surface area contributed by atoms with Crippen molar-refractivity contribution in [2.75, 3.05) is 20.2 Å². The van der Waals surface area contributed by atoms with Gasteiger partial charge < -0.3 is 15.2 Å². The van der Waals surface area contributed by atoms with Gasteiger partial charge in [0.15, 0.2) is 5.41 Å². The third-order valence-corrected chi connectivity index (χ3v) is 4.04. The summed E-state index contributed by atoms with van der Waals surface area (Å²) in [4.78, 5) is 11.3. The van der Waals surface area contributed by atoms with Crippen molar-refractivity contribution < 1.29 is 27.8 Å². The molecule has 1 fully saturated rings. The summed E-state index contributed by atoms with van der Waals surface area (Å²) in [5, 5.41) is 11.8. The standard InChI is InChI=1S/C14H16F3NO3/c1-21-11-5-3-2-4-9(11)6-10-7-18-8-13(10,12(19)20)14(15,16)17/h2-5,10,18H,6-8H2,1H3,(H,19,20)/t10-,13-/m0/s1. The molecule has 0 aromatic heterocycles. The second-order valence-corrected chi connectivity index (χ2v) is 5.12. The maximum atomic E-state index is 13.3. The largest absolute Gasteiger partial charge is 0.496 e. The van der Waals surface area contributed by atoms with Crippen molar-refractivity contribution >= 4 is 5.97 Å². The van der Waals surface area contributed by atoms with Crippen molar-refractivity contribution in [3.05, 3.63) is 29.8 Å². The summed E-state index contributed by atoms with van der Waals surface area (Å²) < 4.78 is 45.2. The van der Waals surface area contributed by atoms with E-state index in [9.17, 15) is 23.1 Å². The number of carboxylic acids is 1. The fourth-order valence-electron chi connectivity index (χ4n) is 2.85. The van der Waals surface area contributed by atoms with E-state index in [1.54, 1.807) is 24.3 Å². The molecule has 2 rings (SSSR count). The van der Waals surface area contributed by atoms with Crippen LogP contribution in [0.3, 0.4) is 0 Å². The van der Waals surface area contributed by atoms with E-state index < -0.39 is 30.0 Å². The summed E-state index contributed by atoms with van der Waals surface area (Å²) in [6, 6.07) is 6.70. The number of methoxy groups -OCH3 is 1. The molecule has 0 amide bonds. The number of halogens is 3. The Morgan fingerprint density at radius 2 is 2.14 bits per heavy atom. The van der Waals surface area contributed by atoms with Gasteiger partial charge in [-0.05, 0) is 24.6 Å². The van der Waals surface area contributed by atoms with Crippen LogP contribution in [-0.2, 0) is 11.2 Å². The first-order valence-electron chi connectivity index (χ1n) is 6.45. The van der Waals surface area contributed by atoms with Gasteiger partial charge in [-0.25, -0.2) is 0 Å².